The van der Waals surface area contributed by atoms with Crippen molar-refractivity contribution < 1.29 is 14.3 Å². The van der Waals surface area contributed by atoms with Gasteiger partial charge in [0.1, 0.15) is 0 Å². The predicted octanol–water partition coefficient (Wildman–Crippen LogP) is 1.23. The van der Waals surface area contributed by atoms with Crippen LogP contribution in [-0.2, 0) is 14.3 Å². The van der Waals surface area contributed by atoms with Crippen molar-refractivity contribution in [2.45, 2.75) is 16.5 Å². The summed E-state index contributed by atoms with van der Waals surface area (Å²) < 4.78 is 11.3. The zero-order valence-corrected chi connectivity index (χ0v) is 12.2. The maximum absolute atomic E-state index is 11.1. The summed E-state index contributed by atoms with van der Waals surface area (Å²) in [5.41, 5.74) is 0. The minimum atomic E-state index is -0.558. The van der Waals surface area contributed by atoms with E-state index in [-0.39, 0.29) is 19.8 Å². The number of carbonyl (C=O) groups excluding carboxylic acids is 1. The predicted molar refractivity (Wildman–Crippen MR) is 69.1 cm³/mol. The normalized spacial score (nSPS) is 14.6. The van der Waals surface area contributed by atoms with Crippen LogP contribution in [0.2, 0.25) is 4.82 Å². The minimum absolute atomic E-state index is 0.0231. The summed E-state index contributed by atoms with van der Waals surface area (Å²) in [6.07, 6.45) is 0.327. The molecule has 17 heavy (non-hydrogen) atoms. The van der Waals surface area contributed by atoms with Crippen molar-refractivity contribution >= 4 is 37.3 Å². The number of carbonyl (C=O) groups is 1. The fourth-order valence-corrected chi connectivity index (χ4v) is 3.84. The summed E-state index contributed by atoms with van der Waals surface area (Å²) in [5.74, 6) is 0. The molecule has 5 heteroatoms. The van der Waals surface area contributed by atoms with E-state index in [2.05, 4.69) is 0 Å². The van der Waals surface area contributed by atoms with E-state index >= 15 is 0 Å². The summed E-state index contributed by atoms with van der Waals surface area (Å²) in [7, 11) is 3.03. The molecule has 0 aliphatic heterocycles. The molecule has 0 bridgehead atoms. The maximum atomic E-state index is 11.1. The molecule has 0 saturated carbocycles. The van der Waals surface area contributed by atoms with Crippen LogP contribution in [0.3, 0.4) is 0 Å². The molecule has 0 fully saturated rings. The van der Waals surface area contributed by atoms with Crippen molar-refractivity contribution in [3.05, 3.63) is 30.3 Å². The van der Waals surface area contributed by atoms with Gasteiger partial charge in [0, 0.05) is 0 Å². The van der Waals surface area contributed by atoms with Crippen molar-refractivity contribution in [2.75, 3.05) is 14.2 Å². The molecule has 94 valence electrons. The Morgan fingerprint density at radius 3 is 2.29 bits per heavy atom. The number of rotatable bonds is 7. The molecule has 1 aromatic rings. The van der Waals surface area contributed by atoms with Gasteiger partial charge in [-0.25, -0.2) is 0 Å². The van der Waals surface area contributed by atoms with Gasteiger partial charge in [0.25, 0.3) is 0 Å². The fourth-order valence-electron chi connectivity index (χ4n) is 1.34. The average molecular weight is 322 g/mol. The average Bonchev–Trinajstić information content (AvgIpc) is 2.38. The molecule has 0 aromatic heterocycles. The van der Waals surface area contributed by atoms with Gasteiger partial charge >= 0.3 is 113 Å². The third-order valence-electron chi connectivity index (χ3n) is 2.19. The van der Waals surface area contributed by atoms with E-state index in [1.165, 1.54) is 14.2 Å². The number of aldehydes is 1. The van der Waals surface area contributed by atoms with Crippen LogP contribution >= 0.6 is 11.6 Å². The van der Waals surface area contributed by atoms with Crippen LogP contribution < -0.4 is 4.46 Å². The van der Waals surface area contributed by atoms with Crippen LogP contribution in [0.4, 0.5) is 0 Å². The summed E-state index contributed by atoms with van der Waals surface area (Å²) in [5, 5.41) is -0.470. The molecule has 0 aliphatic carbocycles. The van der Waals surface area contributed by atoms with E-state index < -0.39 is 11.7 Å². The standard InChI is InChI=1S/C12H15ClO3Se/c1-15-12(16-2)11(13)10(8-14)17-9-6-4-3-5-7-9/h3-8,10-12H,1-2H3/t10-,11-/m1/s1. The van der Waals surface area contributed by atoms with Gasteiger partial charge < -0.3 is 0 Å². The number of hydrogen-bond acceptors (Lipinski definition) is 3. The second-order valence-corrected chi connectivity index (χ2v) is 6.45. The first-order valence-corrected chi connectivity index (χ1v) is 7.37. The molecule has 0 saturated heterocycles. The Labute approximate surface area is 113 Å². The second kappa shape index (κ2) is 7.85. The van der Waals surface area contributed by atoms with Crippen LogP contribution in [0, 0.1) is 0 Å². The van der Waals surface area contributed by atoms with Gasteiger partial charge in [-0.2, -0.15) is 0 Å². The molecular formula is C12H15ClO3Se. The number of halogens is 1. The molecule has 0 N–H and O–H groups in total. The SMILES string of the molecule is COC(OC)[C@H](Cl)[C@@H](C=O)[Se]c1ccccc1. The van der Waals surface area contributed by atoms with Gasteiger partial charge in [0.05, 0.1) is 0 Å². The van der Waals surface area contributed by atoms with E-state index in [1.807, 2.05) is 30.3 Å². The van der Waals surface area contributed by atoms with Crippen molar-refractivity contribution in [3.8, 4) is 0 Å². The zero-order valence-electron chi connectivity index (χ0n) is 9.71. The summed E-state index contributed by atoms with van der Waals surface area (Å²) >= 11 is 6.17. The number of ether oxygens (including phenoxy) is 2. The van der Waals surface area contributed by atoms with E-state index in [1.54, 1.807) is 0 Å². The van der Waals surface area contributed by atoms with Gasteiger partial charge in [-0.05, 0) is 0 Å². The van der Waals surface area contributed by atoms with Crippen LogP contribution in [0.15, 0.2) is 30.3 Å². The molecule has 2 atom stereocenters. The van der Waals surface area contributed by atoms with Crippen LogP contribution in [0.25, 0.3) is 0 Å². The number of hydrogen-bond donors (Lipinski definition) is 0. The van der Waals surface area contributed by atoms with E-state index in [9.17, 15) is 4.79 Å². The van der Waals surface area contributed by atoms with E-state index in [4.69, 9.17) is 21.1 Å². The Hall–Kier alpha value is -0.381. The Morgan fingerprint density at radius 2 is 1.82 bits per heavy atom. The van der Waals surface area contributed by atoms with Gasteiger partial charge in [0.2, 0.25) is 0 Å². The fraction of sp³-hybridized carbons (Fsp3) is 0.417. The van der Waals surface area contributed by atoms with Gasteiger partial charge in [0.15, 0.2) is 0 Å². The molecule has 3 nitrogen and oxygen atoms in total. The van der Waals surface area contributed by atoms with Crippen LogP contribution in [0.1, 0.15) is 0 Å². The summed E-state index contributed by atoms with van der Waals surface area (Å²) in [6.45, 7) is 0. The number of alkyl halides is 1. The molecule has 1 rings (SSSR count). The van der Waals surface area contributed by atoms with Crippen molar-refractivity contribution in [3.63, 3.8) is 0 Å². The molecule has 0 heterocycles. The summed E-state index contributed by atoms with van der Waals surface area (Å²) in [6, 6.07) is 9.84. The third-order valence-corrected chi connectivity index (χ3v) is 5.57. The van der Waals surface area contributed by atoms with Crippen LogP contribution in [-0.4, -0.2) is 47.1 Å². The van der Waals surface area contributed by atoms with Crippen molar-refractivity contribution in [1.82, 2.24) is 0 Å². The second-order valence-electron chi connectivity index (χ2n) is 3.32. The van der Waals surface area contributed by atoms with Crippen molar-refractivity contribution in [1.29, 1.82) is 0 Å². The molecule has 0 unspecified atom stereocenters. The zero-order chi connectivity index (χ0) is 12.7. The molecule has 0 aliphatic rings. The Balaban J connectivity index is 2.68. The van der Waals surface area contributed by atoms with E-state index in [0.29, 0.717) is 0 Å². The first-order valence-electron chi connectivity index (χ1n) is 5.09. The quantitative estimate of drug-likeness (QED) is 0.328. The first-order chi connectivity index (χ1) is 8.22. The van der Waals surface area contributed by atoms with Crippen LogP contribution in [0.5, 0.6) is 0 Å². The Morgan fingerprint density at radius 1 is 1.24 bits per heavy atom. The molecule has 0 radical (unpaired) electrons. The molecular weight excluding hydrogens is 307 g/mol. The topological polar surface area (TPSA) is 35.5 Å². The van der Waals surface area contributed by atoms with Crippen molar-refractivity contribution in [2.24, 2.45) is 0 Å². The summed E-state index contributed by atoms with van der Waals surface area (Å²) in [4.78, 5) is 10.8. The molecule has 0 amide bonds. The molecule has 0 spiro atoms. The van der Waals surface area contributed by atoms with Gasteiger partial charge in [-0.15, -0.1) is 0 Å². The van der Waals surface area contributed by atoms with E-state index in [0.717, 1.165) is 10.7 Å². The van der Waals surface area contributed by atoms with Gasteiger partial charge in [-0.1, -0.05) is 0 Å². The number of benzene rings is 1. The van der Waals surface area contributed by atoms with Gasteiger partial charge in [-0.3, -0.25) is 0 Å². The first kappa shape index (κ1) is 14.7. The Kier molecular flexibility index (Phi) is 6.78. The number of methoxy groups -OCH3 is 2. The monoisotopic (exact) mass is 322 g/mol. The third kappa shape index (κ3) is 4.41. The Bertz CT molecular complexity index is 330. The molecule has 1 aromatic carbocycles.